The molecule has 9 heavy (non-hydrogen) atoms. The Labute approximate surface area is 53.6 Å². The second kappa shape index (κ2) is 2.78. The zero-order valence-electron chi connectivity index (χ0n) is 5.46. The van der Waals surface area contributed by atoms with E-state index in [9.17, 15) is 4.79 Å². The fourth-order valence-corrected chi connectivity index (χ4v) is 0.226. The predicted octanol–water partition coefficient (Wildman–Crippen LogP) is -0.289. The van der Waals surface area contributed by atoms with Gasteiger partial charge in [0, 0.05) is 11.5 Å². The number of hydrogen-bond donors (Lipinski definition) is 2. The van der Waals surface area contributed by atoms with E-state index in [1.165, 1.54) is 19.8 Å². The molecule has 3 nitrogen and oxygen atoms in total. The predicted molar refractivity (Wildman–Crippen MR) is 32.3 cm³/mol. The average molecular weight is 130 g/mol. The van der Waals surface area contributed by atoms with Crippen molar-refractivity contribution in [3.05, 3.63) is 6.08 Å². The molecule has 0 aliphatic rings. The summed E-state index contributed by atoms with van der Waals surface area (Å²) in [6.07, 6.45) is -0.420. The summed E-state index contributed by atoms with van der Waals surface area (Å²) in [6, 6.07) is 0. The summed E-state index contributed by atoms with van der Waals surface area (Å²) in [7, 11) is 0. The first-order valence-corrected chi connectivity index (χ1v) is 2.59. The first-order valence-electron chi connectivity index (χ1n) is 2.59. The molecule has 0 aliphatic carbocycles. The van der Waals surface area contributed by atoms with Gasteiger partial charge in [-0.2, -0.15) is 0 Å². The van der Waals surface area contributed by atoms with Gasteiger partial charge in [0.2, 0.25) is 0 Å². The largest absolute Gasteiger partial charge is 0.367 e. The zero-order valence-corrected chi connectivity index (χ0v) is 5.46. The Hall–Kier alpha value is -0.630. The van der Waals surface area contributed by atoms with Gasteiger partial charge in [-0.3, -0.25) is 0 Å². The van der Waals surface area contributed by atoms with Crippen molar-refractivity contribution in [2.24, 2.45) is 5.41 Å². The highest BCUT2D eigenvalue weighted by atomic mass is 16.5. The Morgan fingerprint density at radius 2 is 2.00 bits per heavy atom. The molecule has 0 aromatic carbocycles. The second-order valence-corrected chi connectivity index (χ2v) is 2.46. The van der Waals surface area contributed by atoms with Crippen molar-refractivity contribution in [3.8, 4) is 0 Å². The first kappa shape index (κ1) is 8.37. The zero-order chi connectivity index (χ0) is 7.49. The van der Waals surface area contributed by atoms with Crippen LogP contribution in [0, 0.1) is 5.41 Å². The summed E-state index contributed by atoms with van der Waals surface area (Å²) in [5.41, 5.74) is -0.887. The lowest BCUT2D eigenvalue weighted by Gasteiger charge is -2.19. The Morgan fingerprint density at radius 1 is 1.56 bits per heavy atom. The summed E-state index contributed by atoms with van der Waals surface area (Å²) in [5, 5.41) is 17.1. The molecule has 0 amide bonds. The smallest absolute Gasteiger partial charge is 0.160 e. The molecular weight excluding hydrogens is 120 g/mol. The van der Waals surface area contributed by atoms with Crippen LogP contribution in [-0.4, -0.2) is 22.4 Å². The van der Waals surface area contributed by atoms with E-state index in [0.29, 0.717) is 0 Å². The van der Waals surface area contributed by atoms with Crippen LogP contribution in [-0.2, 0) is 4.79 Å². The highest BCUT2D eigenvalue weighted by Gasteiger charge is 2.22. The highest BCUT2D eigenvalue weighted by Crippen LogP contribution is 2.18. The molecule has 0 heterocycles. The van der Waals surface area contributed by atoms with E-state index in [2.05, 4.69) is 0 Å². The molecule has 3 heteroatoms. The Bertz CT molecular complexity index is 131. The SMILES string of the molecule is CC(C)(C=C=O)C(O)O. The van der Waals surface area contributed by atoms with Crippen LogP contribution in [0.25, 0.3) is 0 Å². The van der Waals surface area contributed by atoms with Gasteiger partial charge < -0.3 is 10.2 Å². The lowest BCUT2D eigenvalue weighted by molar-refractivity contribution is -0.102. The van der Waals surface area contributed by atoms with Gasteiger partial charge >= 0.3 is 0 Å². The van der Waals surface area contributed by atoms with Crippen molar-refractivity contribution in [2.45, 2.75) is 20.1 Å². The van der Waals surface area contributed by atoms with Crippen LogP contribution in [0.5, 0.6) is 0 Å². The summed E-state index contributed by atoms with van der Waals surface area (Å²) < 4.78 is 0. The number of aliphatic hydroxyl groups excluding tert-OH is 1. The Balaban J connectivity index is 4.18. The molecule has 0 aliphatic heterocycles. The molecule has 0 spiro atoms. The van der Waals surface area contributed by atoms with Gasteiger partial charge in [-0.1, -0.05) is 13.8 Å². The van der Waals surface area contributed by atoms with Crippen molar-refractivity contribution < 1.29 is 15.0 Å². The van der Waals surface area contributed by atoms with Crippen molar-refractivity contribution in [3.63, 3.8) is 0 Å². The highest BCUT2D eigenvalue weighted by molar-refractivity contribution is 5.46. The quantitative estimate of drug-likeness (QED) is 0.399. The molecule has 0 saturated carbocycles. The molecule has 0 atom stereocenters. The summed E-state index contributed by atoms with van der Waals surface area (Å²) in [5.74, 6) is 1.49. The summed E-state index contributed by atoms with van der Waals surface area (Å²) >= 11 is 0. The lowest BCUT2D eigenvalue weighted by atomic mass is 9.93. The van der Waals surface area contributed by atoms with Crippen molar-refractivity contribution in [2.75, 3.05) is 0 Å². The second-order valence-electron chi connectivity index (χ2n) is 2.46. The van der Waals surface area contributed by atoms with Gasteiger partial charge in [-0.05, 0) is 0 Å². The van der Waals surface area contributed by atoms with Gasteiger partial charge in [0.25, 0.3) is 0 Å². The standard InChI is InChI=1S/C6H10O3/c1-6(2,3-4-7)5(8)9/h3,5,8-9H,1-2H3. The number of carbonyl (C=O) groups excluding carboxylic acids is 1. The van der Waals surface area contributed by atoms with E-state index >= 15 is 0 Å². The van der Waals surface area contributed by atoms with E-state index in [4.69, 9.17) is 10.2 Å². The summed E-state index contributed by atoms with van der Waals surface area (Å²) in [4.78, 5) is 9.72. The molecule has 0 rings (SSSR count). The van der Waals surface area contributed by atoms with Gasteiger partial charge in [0.05, 0.1) is 0 Å². The molecular formula is C6H10O3. The van der Waals surface area contributed by atoms with Crippen LogP contribution in [0.4, 0.5) is 0 Å². The maximum atomic E-state index is 9.72. The van der Waals surface area contributed by atoms with E-state index in [1.54, 1.807) is 0 Å². The van der Waals surface area contributed by atoms with E-state index in [-0.39, 0.29) is 0 Å². The van der Waals surface area contributed by atoms with Crippen LogP contribution < -0.4 is 0 Å². The third kappa shape index (κ3) is 2.42. The average Bonchev–Trinajstić information content (AvgIpc) is 1.65. The normalized spacial score (nSPS) is 11.2. The Morgan fingerprint density at radius 3 is 2.11 bits per heavy atom. The topological polar surface area (TPSA) is 57.5 Å². The molecule has 0 unspecified atom stereocenters. The molecule has 0 fully saturated rings. The van der Waals surface area contributed by atoms with Gasteiger partial charge in [0.15, 0.2) is 6.29 Å². The van der Waals surface area contributed by atoms with E-state index < -0.39 is 11.7 Å². The molecule has 52 valence electrons. The van der Waals surface area contributed by atoms with Gasteiger partial charge in [0.1, 0.15) is 5.94 Å². The van der Waals surface area contributed by atoms with Crippen LogP contribution >= 0.6 is 0 Å². The Kier molecular flexibility index (Phi) is 2.59. The monoisotopic (exact) mass is 130 g/mol. The number of rotatable bonds is 2. The van der Waals surface area contributed by atoms with Gasteiger partial charge in [-0.25, -0.2) is 4.79 Å². The molecule has 0 saturated heterocycles. The summed E-state index contributed by atoms with van der Waals surface area (Å²) in [6.45, 7) is 3.06. The van der Waals surface area contributed by atoms with E-state index in [1.807, 2.05) is 0 Å². The van der Waals surface area contributed by atoms with E-state index in [0.717, 1.165) is 6.08 Å². The van der Waals surface area contributed by atoms with Gasteiger partial charge in [-0.15, -0.1) is 0 Å². The number of aliphatic hydroxyl groups is 2. The number of hydrogen-bond acceptors (Lipinski definition) is 3. The minimum absolute atomic E-state index is 0.887. The van der Waals surface area contributed by atoms with Crippen molar-refractivity contribution in [1.82, 2.24) is 0 Å². The van der Waals surface area contributed by atoms with Crippen molar-refractivity contribution >= 4 is 5.94 Å². The molecule has 0 aromatic heterocycles. The third-order valence-electron chi connectivity index (χ3n) is 1.10. The lowest BCUT2D eigenvalue weighted by Crippen LogP contribution is -2.26. The first-order chi connectivity index (χ1) is 4.00. The van der Waals surface area contributed by atoms with Crippen LogP contribution in [0.15, 0.2) is 6.08 Å². The fraction of sp³-hybridized carbons (Fsp3) is 0.667. The minimum atomic E-state index is -1.50. The van der Waals surface area contributed by atoms with Crippen LogP contribution in [0.2, 0.25) is 0 Å². The minimum Gasteiger partial charge on any atom is -0.367 e. The van der Waals surface area contributed by atoms with Crippen molar-refractivity contribution in [1.29, 1.82) is 0 Å². The molecule has 0 radical (unpaired) electrons. The molecule has 0 aromatic rings. The third-order valence-corrected chi connectivity index (χ3v) is 1.10. The molecule has 2 N–H and O–H groups in total. The maximum absolute atomic E-state index is 9.72. The fourth-order valence-electron chi connectivity index (χ4n) is 0.226. The molecule has 0 bridgehead atoms. The maximum Gasteiger partial charge on any atom is 0.160 e. The van der Waals surface area contributed by atoms with Crippen LogP contribution in [0.1, 0.15) is 13.8 Å². The van der Waals surface area contributed by atoms with Crippen LogP contribution in [0.3, 0.4) is 0 Å².